The van der Waals surface area contributed by atoms with E-state index in [1.165, 1.54) is 0 Å². The van der Waals surface area contributed by atoms with Crippen molar-refractivity contribution in [2.45, 2.75) is 20.0 Å². The van der Waals surface area contributed by atoms with E-state index >= 15 is 0 Å². The van der Waals surface area contributed by atoms with Crippen LogP contribution in [0.5, 0.6) is 0 Å². The quantitative estimate of drug-likeness (QED) is 0.314. The summed E-state index contributed by atoms with van der Waals surface area (Å²) in [7, 11) is 0. The average molecular weight is 481 g/mol. The number of para-hydroxylation sites is 1. The summed E-state index contributed by atoms with van der Waals surface area (Å²) in [4.78, 5) is 9.13. The smallest absolute Gasteiger partial charge is 0.191 e. The monoisotopic (exact) mass is 480 g/mol. The zero-order chi connectivity index (χ0) is 17.5. The van der Waals surface area contributed by atoms with E-state index < -0.39 is 0 Å². The van der Waals surface area contributed by atoms with E-state index in [0.29, 0.717) is 13.1 Å². The van der Waals surface area contributed by atoms with Crippen molar-refractivity contribution in [3.05, 3.63) is 76.9 Å². The summed E-state index contributed by atoms with van der Waals surface area (Å²) in [5.74, 6) is 0.783. The van der Waals surface area contributed by atoms with Crippen LogP contribution in [0.2, 0.25) is 5.02 Å². The number of benzene rings is 2. The lowest BCUT2D eigenvalue weighted by Crippen LogP contribution is -2.36. The molecule has 1 aromatic heterocycles. The Balaban J connectivity index is 0.00000243. The molecule has 4 nitrogen and oxygen atoms in total. The first-order valence-electron chi connectivity index (χ1n) is 8.35. The van der Waals surface area contributed by atoms with E-state index in [9.17, 15) is 0 Å². The van der Waals surface area contributed by atoms with Gasteiger partial charge in [0, 0.05) is 29.7 Å². The third kappa shape index (κ3) is 5.57. The number of hydrogen-bond donors (Lipinski definition) is 2. The molecule has 26 heavy (non-hydrogen) atoms. The van der Waals surface area contributed by atoms with Gasteiger partial charge in [-0.15, -0.1) is 24.0 Å². The van der Waals surface area contributed by atoms with Gasteiger partial charge in [-0.1, -0.05) is 48.0 Å². The molecule has 0 saturated carbocycles. The Morgan fingerprint density at radius 2 is 1.81 bits per heavy atom. The lowest BCUT2D eigenvalue weighted by molar-refractivity contribution is 0.818. The molecule has 0 radical (unpaired) electrons. The van der Waals surface area contributed by atoms with Crippen LogP contribution in [-0.2, 0) is 13.1 Å². The van der Waals surface area contributed by atoms with Gasteiger partial charge in [-0.2, -0.15) is 0 Å². The molecule has 0 aliphatic heterocycles. The maximum absolute atomic E-state index is 5.92. The molecule has 0 amide bonds. The van der Waals surface area contributed by atoms with Crippen molar-refractivity contribution in [2.24, 2.45) is 4.99 Å². The zero-order valence-corrected chi connectivity index (χ0v) is 17.7. The highest BCUT2D eigenvalue weighted by molar-refractivity contribution is 14.0. The second kappa shape index (κ2) is 10.3. The molecule has 0 aliphatic rings. The Hall–Kier alpha value is -1.86. The van der Waals surface area contributed by atoms with Crippen molar-refractivity contribution in [2.75, 3.05) is 6.54 Å². The predicted octanol–water partition coefficient (Wildman–Crippen LogP) is 4.76. The minimum absolute atomic E-state index is 0. The summed E-state index contributed by atoms with van der Waals surface area (Å²) >= 11 is 5.92. The number of guanidine groups is 1. The lowest BCUT2D eigenvalue weighted by Gasteiger charge is -2.12. The Labute approximate surface area is 176 Å². The molecule has 0 atom stereocenters. The minimum atomic E-state index is 0. The number of aromatic nitrogens is 1. The van der Waals surface area contributed by atoms with Crippen molar-refractivity contribution in [1.82, 2.24) is 15.6 Å². The van der Waals surface area contributed by atoms with Gasteiger partial charge in [-0.05, 0) is 36.2 Å². The van der Waals surface area contributed by atoms with Crippen LogP contribution in [0.15, 0.2) is 65.8 Å². The predicted molar refractivity (Wildman–Crippen MR) is 120 cm³/mol. The number of halogens is 2. The normalized spacial score (nSPS) is 11.1. The van der Waals surface area contributed by atoms with Gasteiger partial charge in [0.1, 0.15) is 0 Å². The third-order valence-corrected chi connectivity index (χ3v) is 4.09. The largest absolute Gasteiger partial charge is 0.357 e. The third-order valence-electron chi connectivity index (χ3n) is 3.84. The highest BCUT2D eigenvalue weighted by Gasteiger charge is 2.03. The summed E-state index contributed by atoms with van der Waals surface area (Å²) in [5, 5.41) is 8.54. The number of nitrogens with zero attached hydrogens (tertiary/aromatic N) is 2. The van der Waals surface area contributed by atoms with Crippen molar-refractivity contribution < 1.29 is 0 Å². The molecule has 0 saturated heterocycles. The Bertz CT molecular complexity index is 860. The molecule has 0 spiro atoms. The summed E-state index contributed by atoms with van der Waals surface area (Å²) in [6, 6.07) is 18.0. The van der Waals surface area contributed by atoms with Crippen LogP contribution in [0.25, 0.3) is 10.9 Å². The van der Waals surface area contributed by atoms with Gasteiger partial charge in [-0.3, -0.25) is 4.98 Å². The number of fused-ring (bicyclic) bond motifs is 1. The number of aliphatic imine (C=N–C) groups is 1. The first-order chi connectivity index (χ1) is 12.3. The molecule has 1 heterocycles. The van der Waals surface area contributed by atoms with Crippen molar-refractivity contribution in [1.29, 1.82) is 0 Å². The van der Waals surface area contributed by atoms with Crippen molar-refractivity contribution in [3.8, 4) is 0 Å². The first-order valence-corrected chi connectivity index (χ1v) is 8.73. The summed E-state index contributed by atoms with van der Waals surface area (Å²) in [5.41, 5.74) is 3.29. The van der Waals surface area contributed by atoms with E-state index in [1.807, 2.05) is 36.5 Å². The second-order valence-electron chi connectivity index (χ2n) is 5.67. The van der Waals surface area contributed by atoms with Gasteiger partial charge >= 0.3 is 0 Å². The van der Waals surface area contributed by atoms with Crippen LogP contribution in [-0.4, -0.2) is 17.5 Å². The van der Waals surface area contributed by atoms with Crippen LogP contribution in [0.1, 0.15) is 18.1 Å². The van der Waals surface area contributed by atoms with Crippen molar-refractivity contribution >= 4 is 52.4 Å². The molecule has 0 bridgehead atoms. The van der Waals surface area contributed by atoms with Gasteiger partial charge in [0.05, 0.1) is 12.1 Å². The molecule has 0 fully saturated rings. The summed E-state index contributed by atoms with van der Waals surface area (Å²) in [6.07, 6.45) is 1.83. The standard InChI is InChI=1S/C20H21ClN4.HI/c1-2-22-20(24-13-15-8-10-18(21)11-9-15)25-14-17-6-3-5-16-7-4-12-23-19(16)17;/h3-12H,2,13-14H2,1H3,(H2,22,24,25);1H. The fourth-order valence-corrected chi connectivity index (χ4v) is 2.72. The molecule has 6 heteroatoms. The summed E-state index contributed by atoms with van der Waals surface area (Å²) in [6.45, 7) is 4.13. The van der Waals surface area contributed by atoms with Gasteiger partial charge < -0.3 is 10.6 Å². The number of rotatable bonds is 5. The highest BCUT2D eigenvalue weighted by atomic mass is 127. The molecular formula is C20H22ClIN4. The number of pyridine rings is 1. The fraction of sp³-hybridized carbons (Fsp3) is 0.200. The molecule has 136 valence electrons. The minimum Gasteiger partial charge on any atom is -0.357 e. The van der Waals surface area contributed by atoms with E-state index in [4.69, 9.17) is 11.6 Å². The molecule has 2 N–H and O–H groups in total. The van der Waals surface area contributed by atoms with E-state index in [1.54, 1.807) is 0 Å². The van der Waals surface area contributed by atoms with Crippen LogP contribution in [0.3, 0.4) is 0 Å². The van der Waals surface area contributed by atoms with Gasteiger partial charge in [0.25, 0.3) is 0 Å². The van der Waals surface area contributed by atoms with Crippen LogP contribution in [0, 0.1) is 0 Å². The Morgan fingerprint density at radius 3 is 2.58 bits per heavy atom. The highest BCUT2D eigenvalue weighted by Crippen LogP contribution is 2.15. The van der Waals surface area contributed by atoms with Crippen molar-refractivity contribution in [3.63, 3.8) is 0 Å². The molecule has 3 aromatic rings. The van der Waals surface area contributed by atoms with Crippen LogP contribution >= 0.6 is 35.6 Å². The molecule has 2 aromatic carbocycles. The lowest BCUT2D eigenvalue weighted by atomic mass is 10.1. The van der Waals surface area contributed by atoms with Gasteiger partial charge in [-0.25, -0.2) is 4.99 Å². The second-order valence-corrected chi connectivity index (χ2v) is 6.10. The fourth-order valence-electron chi connectivity index (χ4n) is 2.59. The maximum atomic E-state index is 5.92. The maximum Gasteiger partial charge on any atom is 0.191 e. The van der Waals surface area contributed by atoms with E-state index in [2.05, 4.69) is 51.8 Å². The molecule has 0 unspecified atom stereocenters. The molecule has 3 rings (SSSR count). The first kappa shape index (κ1) is 20.5. The zero-order valence-electron chi connectivity index (χ0n) is 14.6. The van der Waals surface area contributed by atoms with E-state index in [-0.39, 0.29) is 24.0 Å². The van der Waals surface area contributed by atoms with Gasteiger partial charge in [0.2, 0.25) is 0 Å². The van der Waals surface area contributed by atoms with Gasteiger partial charge in [0.15, 0.2) is 5.96 Å². The topological polar surface area (TPSA) is 49.3 Å². The van der Waals surface area contributed by atoms with E-state index in [0.717, 1.165) is 39.6 Å². The molecule has 0 aliphatic carbocycles. The summed E-state index contributed by atoms with van der Waals surface area (Å²) < 4.78 is 0. The number of hydrogen-bond acceptors (Lipinski definition) is 2. The SMILES string of the molecule is CCNC(=NCc1ccc(Cl)cc1)NCc1cccc2cccnc12.I. The Kier molecular flexibility index (Phi) is 8.12. The average Bonchev–Trinajstić information content (AvgIpc) is 2.65. The number of nitrogens with one attached hydrogen (secondary N) is 2. The molecular weight excluding hydrogens is 459 g/mol. The van der Waals surface area contributed by atoms with Crippen LogP contribution in [0.4, 0.5) is 0 Å². The Morgan fingerprint density at radius 1 is 1.04 bits per heavy atom. The van der Waals surface area contributed by atoms with Crippen LogP contribution < -0.4 is 10.6 Å².